The summed E-state index contributed by atoms with van der Waals surface area (Å²) in [5.74, 6) is 0. The fourth-order valence-corrected chi connectivity index (χ4v) is 9.17. The van der Waals surface area contributed by atoms with E-state index in [1.165, 1.54) is 50.2 Å². The molecular formula is C35H32SiZr. The third kappa shape index (κ3) is 7.01. The Balaban J connectivity index is 0.000000192. The Kier molecular flexibility index (Phi) is 9.28. The quantitative estimate of drug-likeness (QED) is 0.146. The Bertz CT molecular complexity index is 1410. The first-order valence-electron chi connectivity index (χ1n) is 13.3. The second-order valence-electron chi connectivity index (χ2n) is 9.65. The molecule has 0 nitrogen and oxygen atoms in total. The van der Waals surface area contributed by atoms with Crippen LogP contribution in [0.1, 0.15) is 25.7 Å². The summed E-state index contributed by atoms with van der Waals surface area (Å²) in [6, 6.07) is 40.3. The van der Waals surface area contributed by atoms with Gasteiger partial charge in [-0.2, -0.15) is 6.08 Å². The summed E-state index contributed by atoms with van der Waals surface area (Å²) >= 11 is 1.87. The standard InChI is InChI=1S/C25H17.C5H10Si.C5H5.Zr/c1-3-7-18(8-4-1)20-11-13-24-22(15-20)17-23-16-21(12-14-25(23)24)19-9-5-2-6-10-19;1-2-4-6-5-3-1;1-2-4-5-3-1;/h1-17H;1-5H2;1-3H,4H2;/q-1;;-1;+2. The molecule has 2 aliphatic rings. The molecule has 1 saturated heterocycles. The Labute approximate surface area is 236 Å². The summed E-state index contributed by atoms with van der Waals surface area (Å²) < 4.78 is 0. The molecule has 0 radical (unpaired) electrons. The first kappa shape index (κ1) is 26.0. The molecular weight excluding hydrogens is 540 g/mol. The van der Waals surface area contributed by atoms with Crippen molar-refractivity contribution < 1.29 is 23.3 Å². The fourth-order valence-electron chi connectivity index (χ4n) is 4.96. The van der Waals surface area contributed by atoms with Gasteiger partial charge in [0.25, 0.3) is 0 Å². The molecule has 5 aromatic rings. The zero-order valence-corrected chi connectivity index (χ0v) is 24.7. The number of hydrogen-bond acceptors (Lipinski definition) is 0. The predicted octanol–water partition coefficient (Wildman–Crippen LogP) is 10.1. The van der Waals surface area contributed by atoms with Crippen LogP contribution in [0.3, 0.4) is 0 Å². The molecule has 1 aliphatic carbocycles. The van der Waals surface area contributed by atoms with E-state index in [1.807, 2.05) is 35.5 Å². The van der Waals surface area contributed by atoms with E-state index in [0.29, 0.717) is 5.43 Å². The van der Waals surface area contributed by atoms with Gasteiger partial charge < -0.3 is 0 Å². The van der Waals surface area contributed by atoms with Crippen molar-refractivity contribution in [3.63, 3.8) is 0 Å². The fraction of sp³-hybridized carbons (Fsp3) is 0.171. The van der Waals surface area contributed by atoms with E-state index in [2.05, 4.69) is 115 Å². The minimum absolute atomic E-state index is 0.297. The average Bonchev–Trinajstić information content (AvgIpc) is 3.66. The van der Waals surface area contributed by atoms with Crippen LogP contribution >= 0.6 is 0 Å². The minimum atomic E-state index is 0.297. The Morgan fingerprint density at radius 3 is 1.54 bits per heavy atom. The van der Waals surface area contributed by atoms with Crippen LogP contribution < -0.4 is 0 Å². The molecule has 1 fully saturated rings. The van der Waals surface area contributed by atoms with Crippen LogP contribution in [-0.2, 0) is 23.3 Å². The van der Waals surface area contributed by atoms with E-state index in [9.17, 15) is 0 Å². The molecule has 1 aliphatic heterocycles. The van der Waals surface area contributed by atoms with E-state index in [0.717, 1.165) is 6.42 Å². The van der Waals surface area contributed by atoms with Gasteiger partial charge in [0, 0.05) is 0 Å². The average molecular weight is 572 g/mol. The SMILES string of the molecule is [C-]1=CC=CC1.[Zr+2]=[Si]1CCCCC1.c1ccc(-c2ccc3c(c2)[cH-]c2cc(-c4ccccc4)ccc23)cc1. The predicted molar refractivity (Wildman–Crippen MR) is 159 cm³/mol. The molecule has 7 rings (SSSR count). The van der Waals surface area contributed by atoms with Gasteiger partial charge in [0.05, 0.1) is 0 Å². The van der Waals surface area contributed by atoms with Crippen molar-refractivity contribution >= 4 is 27.0 Å². The molecule has 0 N–H and O–H groups in total. The van der Waals surface area contributed by atoms with E-state index < -0.39 is 0 Å². The molecule has 0 bridgehead atoms. The molecule has 0 spiro atoms. The van der Waals surface area contributed by atoms with Gasteiger partial charge in [-0.25, -0.2) is 12.2 Å². The van der Waals surface area contributed by atoms with Crippen molar-refractivity contribution in [1.82, 2.24) is 0 Å². The number of rotatable bonds is 2. The zero-order chi connectivity index (χ0) is 25.3. The van der Waals surface area contributed by atoms with Crippen molar-refractivity contribution in [2.24, 2.45) is 0 Å². The number of benzene rings is 4. The zero-order valence-electron chi connectivity index (χ0n) is 21.3. The van der Waals surface area contributed by atoms with Crippen LogP contribution in [0.25, 0.3) is 43.8 Å². The number of allylic oxidation sites excluding steroid dienone is 4. The van der Waals surface area contributed by atoms with E-state index in [1.54, 1.807) is 24.9 Å². The molecule has 5 aromatic carbocycles. The summed E-state index contributed by atoms with van der Waals surface area (Å²) in [7, 11) is 0. The number of fused-ring (bicyclic) bond motifs is 3. The summed E-state index contributed by atoms with van der Waals surface area (Å²) in [5.41, 5.74) is 5.36. The van der Waals surface area contributed by atoms with Crippen molar-refractivity contribution in [1.29, 1.82) is 0 Å². The van der Waals surface area contributed by atoms with Crippen LogP contribution in [0.2, 0.25) is 12.1 Å². The van der Waals surface area contributed by atoms with Crippen molar-refractivity contribution in [2.45, 2.75) is 37.8 Å². The Morgan fingerprint density at radius 1 is 0.622 bits per heavy atom. The maximum Gasteiger partial charge on any atom is -0.0259 e. The van der Waals surface area contributed by atoms with Gasteiger partial charge in [0.1, 0.15) is 0 Å². The molecule has 0 saturated carbocycles. The van der Waals surface area contributed by atoms with Crippen molar-refractivity contribution in [3.8, 4) is 22.3 Å². The molecule has 180 valence electrons. The van der Waals surface area contributed by atoms with Gasteiger partial charge in [-0.05, 0) is 11.1 Å². The van der Waals surface area contributed by atoms with Gasteiger partial charge >= 0.3 is 60.1 Å². The van der Waals surface area contributed by atoms with Gasteiger partial charge in [-0.1, -0.05) is 96.1 Å². The van der Waals surface area contributed by atoms with Crippen LogP contribution in [-0.4, -0.2) is 5.43 Å². The first-order chi connectivity index (χ1) is 18.3. The normalized spacial score (nSPS) is 14.3. The summed E-state index contributed by atoms with van der Waals surface area (Å²) in [6.07, 6.45) is 14.6. The Hall–Kier alpha value is -2.67. The molecule has 1 heterocycles. The topological polar surface area (TPSA) is 0 Å². The van der Waals surface area contributed by atoms with Crippen molar-refractivity contribution in [2.75, 3.05) is 0 Å². The summed E-state index contributed by atoms with van der Waals surface area (Å²) in [6.45, 7) is 0. The molecule has 2 heteroatoms. The molecule has 0 aromatic heterocycles. The van der Waals surface area contributed by atoms with Crippen LogP contribution in [0.4, 0.5) is 0 Å². The monoisotopic (exact) mass is 570 g/mol. The van der Waals surface area contributed by atoms with Crippen LogP contribution in [0, 0.1) is 6.08 Å². The molecule has 0 amide bonds. The van der Waals surface area contributed by atoms with Gasteiger partial charge in [0.15, 0.2) is 0 Å². The second kappa shape index (κ2) is 13.2. The first-order valence-corrected chi connectivity index (χ1v) is 18.9. The van der Waals surface area contributed by atoms with Crippen molar-refractivity contribution in [3.05, 3.63) is 127 Å². The maximum atomic E-state index is 2.99. The van der Waals surface area contributed by atoms with Crippen LogP contribution in [0.5, 0.6) is 0 Å². The van der Waals surface area contributed by atoms with Gasteiger partial charge in [-0.3, -0.25) is 6.08 Å². The smallest absolute Gasteiger partial charge is 0.0259 e. The summed E-state index contributed by atoms with van der Waals surface area (Å²) in [4.78, 5) is 0. The second-order valence-corrected chi connectivity index (χ2v) is 17.1. The maximum absolute atomic E-state index is 2.99. The van der Waals surface area contributed by atoms with Gasteiger partial charge in [-0.15, -0.1) is 46.2 Å². The summed E-state index contributed by atoms with van der Waals surface area (Å²) in [5, 5.41) is 5.27. The van der Waals surface area contributed by atoms with E-state index in [-0.39, 0.29) is 0 Å². The molecule has 0 unspecified atom stereocenters. The minimum Gasteiger partial charge on any atom is -0.126 e. The van der Waals surface area contributed by atoms with Crippen LogP contribution in [0.15, 0.2) is 121 Å². The van der Waals surface area contributed by atoms with Gasteiger partial charge in [0.2, 0.25) is 0 Å². The molecule has 37 heavy (non-hydrogen) atoms. The largest absolute Gasteiger partial charge is 0.126 e. The van der Waals surface area contributed by atoms with E-state index >= 15 is 0 Å². The molecule has 0 atom stereocenters. The number of hydrogen-bond donors (Lipinski definition) is 0. The third-order valence-electron chi connectivity index (χ3n) is 6.96. The van der Waals surface area contributed by atoms with E-state index in [4.69, 9.17) is 0 Å². The third-order valence-corrected chi connectivity index (χ3v) is 12.6. The Morgan fingerprint density at radius 2 is 1.16 bits per heavy atom.